The van der Waals surface area contributed by atoms with Crippen molar-refractivity contribution in [3.05, 3.63) is 33.8 Å². The van der Waals surface area contributed by atoms with Gasteiger partial charge < -0.3 is 0 Å². The summed E-state index contributed by atoms with van der Waals surface area (Å²) >= 11 is 6.06. The lowest BCUT2D eigenvalue weighted by Crippen LogP contribution is -1.88. The maximum absolute atomic E-state index is 8.78. The van der Waals surface area contributed by atoms with E-state index >= 15 is 0 Å². The van der Waals surface area contributed by atoms with E-state index in [4.69, 9.17) is 16.9 Å². The van der Waals surface area contributed by atoms with Gasteiger partial charge in [-0.05, 0) is 42.9 Å². The van der Waals surface area contributed by atoms with Gasteiger partial charge >= 0.3 is 0 Å². The van der Waals surface area contributed by atoms with Gasteiger partial charge in [-0.15, -0.1) is 0 Å². The lowest BCUT2D eigenvalue weighted by atomic mass is 10.0. The average molecular weight is 252 g/mol. The molecule has 17 heavy (non-hydrogen) atoms. The third-order valence-electron chi connectivity index (χ3n) is 2.48. The minimum atomic E-state index is 0.652. The number of hydrogen-bond donors (Lipinski definition) is 0. The highest BCUT2D eigenvalue weighted by atomic mass is 35.5. The molecule has 0 N–H and O–H groups in total. The fourth-order valence-electron chi connectivity index (χ4n) is 1.53. The van der Waals surface area contributed by atoms with Crippen LogP contribution in [0.15, 0.2) is 12.1 Å². The number of nitrogens with zero attached hydrogens (tertiary/aromatic N) is 1. The smallest absolute Gasteiger partial charge is 0.0994 e. The fourth-order valence-corrected chi connectivity index (χ4v) is 1.85. The Balaban J connectivity index is 0.000000581. The Kier molecular flexibility index (Phi) is 7.66. The summed E-state index contributed by atoms with van der Waals surface area (Å²) in [6.45, 7) is 9.96. The van der Waals surface area contributed by atoms with Crippen molar-refractivity contribution >= 4 is 11.6 Å². The summed E-state index contributed by atoms with van der Waals surface area (Å²) in [7, 11) is 0. The van der Waals surface area contributed by atoms with Gasteiger partial charge in [0.2, 0.25) is 0 Å². The first-order chi connectivity index (χ1) is 8.22. The molecule has 1 aliphatic carbocycles. The highest BCUT2D eigenvalue weighted by molar-refractivity contribution is 6.31. The highest BCUT2D eigenvalue weighted by Crippen LogP contribution is 2.43. The molecule has 0 aliphatic heterocycles. The van der Waals surface area contributed by atoms with Crippen molar-refractivity contribution < 1.29 is 0 Å². The zero-order chi connectivity index (χ0) is 13.4. The zero-order valence-corrected chi connectivity index (χ0v) is 12.2. The molecule has 1 saturated carbocycles. The minimum absolute atomic E-state index is 0.652. The van der Waals surface area contributed by atoms with Gasteiger partial charge in [0, 0.05) is 5.02 Å². The molecule has 1 aromatic carbocycles. The number of nitriles is 1. The average Bonchev–Trinajstić information content (AvgIpc) is 3.21. The maximum atomic E-state index is 8.78. The van der Waals surface area contributed by atoms with Crippen molar-refractivity contribution in [3.8, 4) is 6.07 Å². The summed E-state index contributed by atoms with van der Waals surface area (Å²) in [6, 6.07) is 5.97. The molecule has 94 valence electrons. The van der Waals surface area contributed by atoms with E-state index in [1.54, 1.807) is 6.07 Å². The van der Waals surface area contributed by atoms with Gasteiger partial charge in [0.15, 0.2) is 0 Å². The normalized spacial score (nSPS) is 12.5. The van der Waals surface area contributed by atoms with Gasteiger partial charge in [0.05, 0.1) is 11.6 Å². The summed E-state index contributed by atoms with van der Waals surface area (Å²) in [6.07, 6.45) is 2.48. The number of hydrogen-bond acceptors (Lipinski definition) is 1. The number of halogens is 1. The topological polar surface area (TPSA) is 23.8 Å². The van der Waals surface area contributed by atoms with Gasteiger partial charge in [0.1, 0.15) is 0 Å². The summed E-state index contributed by atoms with van der Waals surface area (Å²) in [5.41, 5.74) is 2.95. The van der Waals surface area contributed by atoms with E-state index in [9.17, 15) is 0 Å². The lowest BCUT2D eigenvalue weighted by molar-refractivity contribution is 1.12. The maximum Gasteiger partial charge on any atom is 0.0994 e. The van der Waals surface area contributed by atoms with Crippen molar-refractivity contribution in [1.82, 2.24) is 0 Å². The zero-order valence-electron chi connectivity index (χ0n) is 11.5. The second-order valence-electron chi connectivity index (χ2n) is 3.57. The van der Waals surface area contributed by atoms with E-state index in [1.807, 2.05) is 34.6 Å². The van der Waals surface area contributed by atoms with Crippen molar-refractivity contribution in [2.45, 2.75) is 53.4 Å². The lowest BCUT2D eigenvalue weighted by Gasteiger charge is -2.04. The molecule has 1 fully saturated rings. The van der Waals surface area contributed by atoms with Crippen LogP contribution in [-0.2, 0) is 0 Å². The highest BCUT2D eigenvalue weighted by Gasteiger charge is 2.26. The molecule has 1 aliphatic rings. The predicted molar refractivity (Wildman–Crippen MR) is 75.6 cm³/mol. The van der Waals surface area contributed by atoms with E-state index in [-0.39, 0.29) is 0 Å². The SMILES string of the molecule is CC.CC.Cc1cc(C2CC2)c(Cl)cc1C#N. The molecule has 0 amide bonds. The van der Waals surface area contributed by atoms with Gasteiger partial charge in [-0.25, -0.2) is 0 Å². The van der Waals surface area contributed by atoms with Crippen molar-refractivity contribution in [1.29, 1.82) is 5.26 Å². The Bertz CT molecular complexity index is 387. The molecule has 0 atom stereocenters. The Morgan fingerprint density at radius 2 is 1.71 bits per heavy atom. The summed E-state index contributed by atoms with van der Waals surface area (Å²) in [5, 5.41) is 9.53. The second-order valence-corrected chi connectivity index (χ2v) is 3.98. The molecule has 0 aromatic heterocycles. The van der Waals surface area contributed by atoms with Crippen LogP contribution in [0.2, 0.25) is 5.02 Å². The van der Waals surface area contributed by atoms with Crippen LogP contribution < -0.4 is 0 Å². The van der Waals surface area contributed by atoms with E-state index < -0.39 is 0 Å². The van der Waals surface area contributed by atoms with Crippen LogP contribution in [0.25, 0.3) is 0 Å². The van der Waals surface area contributed by atoms with Gasteiger partial charge in [-0.1, -0.05) is 45.4 Å². The van der Waals surface area contributed by atoms with Crippen LogP contribution in [0, 0.1) is 18.3 Å². The van der Waals surface area contributed by atoms with E-state index in [1.165, 1.54) is 18.4 Å². The number of benzene rings is 1. The van der Waals surface area contributed by atoms with Gasteiger partial charge in [0.25, 0.3) is 0 Å². The van der Waals surface area contributed by atoms with Crippen molar-refractivity contribution in [3.63, 3.8) is 0 Å². The molecule has 0 saturated heterocycles. The Hall–Kier alpha value is -1.00. The van der Waals surface area contributed by atoms with Crippen LogP contribution >= 0.6 is 11.6 Å². The van der Waals surface area contributed by atoms with E-state index in [2.05, 4.69) is 12.1 Å². The van der Waals surface area contributed by atoms with Crippen molar-refractivity contribution in [2.75, 3.05) is 0 Å². The van der Waals surface area contributed by atoms with E-state index in [0.29, 0.717) is 11.5 Å². The predicted octanol–water partition coefficient (Wildman–Crippen LogP) is 5.45. The first-order valence-corrected chi connectivity index (χ1v) is 6.80. The Morgan fingerprint density at radius 1 is 1.18 bits per heavy atom. The number of aryl methyl sites for hydroxylation is 1. The van der Waals surface area contributed by atoms with Gasteiger partial charge in [-0.3, -0.25) is 0 Å². The second kappa shape index (κ2) is 8.14. The van der Waals surface area contributed by atoms with Gasteiger partial charge in [-0.2, -0.15) is 5.26 Å². The van der Waals surface area contributed by atoms with Crippen LogP contribution in [-0.4, -0.2) is 0 Å². The largest absolute Gasteiger partial charge is 0.192 e. The third kappa shape index (κ3) is 4.40. The first kappa shape index (κ1) is 16.0. The molecular formula is C15H22ClN. The molecule has 0 heterocycles. The molecule has 0 radical (unpaired) electrons. The Morgan fingerprint density at radius 3 is 2.12 bits per heavy atom. The molecule has 1 nitrogen and oxygen atoms in total. The van der Waals surface area contributed by atoms with Crippen LogP contribution in [0.5, 0.6) is 0 Å². The fraction of sp³-hybridized carbons (Fsp3) is 0.533. The molecule has 2 heteroatoms. The molecule has 1 aromatic rings. The third-order valence-corrected chi connectivity index (χ3v) is 2.81. The molecule has 0 unspecified atom stereocenters. The molecular weight excluding hydrogens is 230 g/mol. The standard InChI is InChI=1S/C11H10ClN.2C2H6/c1-7-4-10(8-2-3-8)11(12)5-9(7)6-13;2*1-2/h4-5,8H,2-3H2,1H3;2*1-2H3. The number of rotatable bonds is 1. The van der Waals surface area contributed by atoms with Crippen LogP contribution in [0.1, 0.15) is 63.1 Å². The molecule has 0 bridgehead atoms. The monoisotopic (exact) mass is 251 g/mol. The van der Waals surface area contributed by atoms with Crippen molar-refractivity contribution in [2.24, 2.45) is 0 Å². The molecule has 0 spiro atoms. The Labute approximate surface area is 110 Å². The van der Waals surface area contributed by atoms with E-state index in [0.717, 1.165) is 10.6 Å². The molecule has 2 rings (SSSR count). The summed E-state index contributed by atoms with van der Waals surface area (Å²) in [5.74, 6) is 0.652. The van der Waals surface area contributed by atoms with Crippen LogP contribution in [0.3, 0.4) is 0 Å². The minimum Gasteiger partial charge on any atom is -0.192 e. The summed E-state index contributed by atoms with van der Waals surface area (Å²) < 4.78 is 0. The van der Waals surface area contributed by atoms with Crippen LogP contribution in [0.4, 0.5) is 0 Å². The quantitative estimate of drug-likeness (QED) is 0.651. The summed E-state index contributed by atoms with van der Waals surface area (Å²) in [4.78, 5) is 0. The first-order valence-electron chi connectivity index (χ1n) is 6.42.